The van der Waals surface area contributed by atoms with Crippen molar-refractivity contribution in [2.24, 2.45) is 0 Å². The predicted molar refractivity (Wildman–Crippen MR) is 125 cm³/mol. The molecule has 0 spiro atoms. The highest BCUT2D eigenvalue weighted by Crippen LogP contribution is 2.31. The first-order chi connectivity index (χ1) is 16.4. The summed E-state index contributed by atoms with van der Waals surface area (Å²) in [5.74, 6) is -0.765. The van der Waals surface area contributed by atoms with E-state index in [0.717, 1.165) is 43.4 Å². The first kappa shape index (κ1) is 21.9. The van der Waals surface area contributed by atoms with Crippen molar-refractivity contribution >= 4 is 23.1 Å². The number of aliphatic hydroxyl groups excluding tert-OH is 1. The van der Waals surface area contributed by atoms with Crippen molar-refractivity contribution in [3.63, 3.8) is 0 Å². The Labute approximate surface area is 194 Å². The predicted octanol–water partition coefficient (Wildman–Crippen LogP) is 4.26. The Bertz CT molecular complexity index is 1320. The van der Waals surface area contributed by atoms with Crippen LogP contribution >= 0.6 is 0 Å². The van der Waals surface area contributed by atoms with Crippen molar-refractivity contribution in [2.75, 3.05) is 17.2 Å². The maximum absolute atomic E-state index is 13.6. The summed E-state index contributed by atoms with van der Waals surface area (Å²) in [6.07, 6.45) is 5.09. The van der Waals surface area contributed by atoms with E-state index in [1.54, 1.807) is 25.5 Å². The van der Waals surface area contributed by atoms with E-state index in [1.165, 1.54) is 15.8 Å². The standard InChI is InChI=1S/C24H23F2N7O/c1-14(34)33-13-17(11-29-33)22-12-28-24(31-21-8-18(25)7-19(26)9-21)32-23(22)30-20-3-2-15-4-5-27-10-16(15)6-20/h2-3,6-9,11-14,27,34H,4-5,10H2,1H3,(H2,28,30,31,32). The van der Waals surface area contributed by atoms with Gasteiger partial charge in [-0.05, 0) is 55.3 Å². The van der Waals surface area contributed by atoms with E-state index in [-0.39, 0.29) is 11.6 Å². The molecular formula is C24H23F2N7O. The van der Waals surface area contributed by atoms with Gasteiger partial charge >= 0.3 is 0 Å². The number of hydrogen-bond donors (Lipinski definition) is 4. The minimum atomic E-state index is -0.789. The summed E-state index contributed by atoms with van der Waals surface area (Å²) < 4.78 is 28.7. The van der Waals surface area contributed by atoms with Gasteiger partial charge in [-0.15, -0.1) is 0 Å². The molecule has 0 bridgehead atoms. The van der Waals surface area contributed by atoms with Crippen LogP contribution in [0.1, 0.15) is 24.3 Å². The molecule has 34 heavy (non-hydrogen) atoms. The number of hydrogen-bond acceptors (Lipinski definition) is 7. The zero-order valence-corrected chi connectivity index (χ0v) is 18.4. The smallest absolute Gasteiger partial charge is 0.229 e. The third-order valence-corrected chi connectivity index (χ3v) is 5.56. The average molecular weight is 463 g/mol. The quantitative estimate of drug-likeness (QED) is 0.339. The molecule has 0 fully saturated rings. The fourth-order valence-electron chi connectivity index (χ4n) is 3.88. The normalized spacial score (nSPS) is 13.9. The third kappa shape index (κ3) is 4.73. The Morgan fingerprint density at radius 3 is 2.62 bits per heavy atom. The van der Waals surface area contributed by atoms with Gasteiger partial charge in [-0.3, -0.25) is 0 Å². The largest absolute Gasteiger partial charge is 0.372 e. The summed E-state index contributed by atoms with van der Waals surface area (Å²) in [5, 5.41) is 23.6. The van der Waals surface area contributed by atoms with E-state index in [4.69, 9.17) is 0 Å². The number of aliphatic hydroxyl groups is 1. The highest BCUT2D eigenvalue weighted by atomic mass is 19.1. The van der Waals surface area contributed by atoms with Gasteiger partial charge in [0.15, 0.2) is 0 Å². The van der Waals surface area contributed by atoms with Gasteiger partial charge in [-0.2, -0.15) is 10.1 Å². The summed E-state index contributed by atoms with van der Waals surface area (Å²) in [5.41, 5.74) is 4.90. The van der Waals surface area contributed by atoms with E-state index in [2.05, 4.69) is 43.1 Å². The van der Waals surface area contributed by atoms with Crippen molar-refractivity contribution in [3.05, 3.63) is 77.8 Å². The molecule has 0 aliphatic carbocycles. The Morgan fingerprint density at radius 2 is 1.85 bits per heavy atom. The molecule has 2 aromatic carbocycles. The zero-order chi connectivity index (χ0) is 23.7. The number of halogens is 2. The molecular weight excluding hydrogens is 440 g/mol. The van der Waals surface area contributed by atoms with E-state index in [0.29, 0.717) is 16.9 Å². The lowest BCUT2D eigenvalue weighted by molar-refractivity contribution is 0.111. The number of nitrogens with zero attached hydrogens (tertiary/aromatic N) is 4. The Morgan fingerprint density at radius 1 is 1.03 bits per heavy atom. The number of nitrogens with one attached hydrogen (secondary N) is 3. The van der Waals surface area contributed by atoms with Crippen LogP contribution in [0.4, 0.5) is 31.9 Å². The first-order valence-corrected chi connectivity index (χ1v) is 10.9. The second-order valence-corrected chi connectivity index (χ2v) is 8.12. The number of fused-ring (bicyclic) bond motifs is 1. The molecule has 5 rings (SSSR count). The molecule has 3 heterocycles. The van der Waals surface area contributed by atoms with Crippen molar-refractivity contribution in [3.8, 4) is 11.1 Å². The molecule has 1 aliphatic rings. The second-order valence-electron chi connectivity index (χ2n) is 8.12. The van der Waals surface area contributed by atoms with Gasteiger partial charge in [0.25, 0.3) is 0 Å². The monoisotopic (exact) mass is 463 g/mol. The van der Waals surface area contributed by atoms with Crippen LogP contribution in [0.3, 0.4) is 0 Å². The molecule has 2 aromatic heterocycles. The maximum Gasteiger partial charge on any atom is 0.229 e. The average Bonchev–Trinajstić information content (AvgIpc) is 3.29. The van der Waals surface area contributed by atoms with Gasteiger partial charge in [0.1, 0.15) is 23.7 Å². The summed E-state index contributed by atoms with van der Waals surface area (Å²) in [6.45, 7) is 3.36. The Kier molecular flexibility index (Phi) is 5.91. The van der Waals surface area contributed by atoms with Crippen LogP contribution in [0.2, 0.25) is 0 Å². The van der Waals surface area contributed by atoms with E-state index in [9.17, 15) is 13.9 Å². The van der Waals surface area contributed by atoms with Crippen LogP contribution < -0.4 is 16.0 Å². The lowest BCUT2D eigenvalue weighted by atomic mass is 10.0. The SMILES string of the molecule is CC(O)n1cc(-c2cnc(Nc3cc(F)cc(F)c3)nc2Nc2ccc3c(c2)CNCC3)cn1. The molecule has 8 nitrogen and oxygen atoms in total. The minimum absolute atomic E-state index is 0.166. The number of rotatable bonds is 6. The molecule has 1 aliphatic heterocycles. The molecule has 0 saturated carbocycles. The van der Waals surface area contributed by atoms with Crippen molar-refractivity contribution in [1.29, 1.82) is 0 Å². The fourth-order valence-corrected chi connectivity index (χ4v) is 3.88. The Hall–Kier alpha value is -3.89. The molecule has 0 saturated heterocycles. The van der Waals surface area contributed by atoms with E-state index >= 15 is 0 Å². The number of aromatic nitrogens is 4. The van der Waals surface area contributed by atoms with Gasteiger partial charge in [0.05, 0.1) is 6.20 Å². The Balaban J connectivity index is 1.51. The number of anilines is 4. The molecule has 10 heteroatoms. The molecule has 0 radical (unpaired) electrons. The van der Waals surface area contributed by atoms with Gasteiger partial charge in [0, 0.05) is 47.5 Å². The highest BCUT2D eigenvalue weighted by molar-refractivity contribution is 5.78. The summed E-state index contributed by atoms with van der Waals surface area (Å²) in [6, 6.07) is 9.28. The lowest BCUT2D eigenvalue weighted by Gasteiger charge is -2.19. The van der Waals surface area contributed by atoms with Crippen LogP contribution in [-0.4, -0.2) is 31.4 Å². The molecule has 1 unspecified atom stereocenters. The van der Waals surface area contributed by atoms with E-state index < -0.39 is 17.9 Å². The maximum atomic E-state index is 13.6. The van der Waals surface area contributed by atoms with Crippen LogP contribution in [0.5, 0.6) is 0 Å². The fraction of sp³-hybridized carbons (Fsp3) is 0.208. The number of benzene rings is 2. The topological polar surface area (TPSA) is 99.9 Å². The van der Waals surface area contributed by atoms with Crippen LogP contribution in [0, 0.1) is 11.6 Å². The van der Waals surface area contributed by atoms with Crippen molar-refractivity contribution in [2.45, 2.75) is 26.1 Å². The van der Waals surface area contributed by atoms with Crippen molar-refractivity contribution < 1.29 is 13.9 Å². The van der Waals surface area contributed by atoms with Crippen molar-refractivity contribution in [1.82, 2.24) is 25.1 Å². The van der Waals surface area contributed by atoms with E-state index in [1.807, 2.05) is 6.07 Å². The van der Waals surface area contributed by atoms with Gasteiger partial charge in [-0.1, -0.05) is 6.07 Å². The molecule has 4 N–H and O–H groups in total. The zero-order valence-electron chi connectivity index (χ0n) is 18.4. The highest BCUT2D eigenvalue weighted by Gasteiger charge is 2.15. The molecule has 0 amide bonds. The first-order valence-electron chi connectivity index (χ1n) is 10.9. The molecule has 1 atom stereocenters. The van der Waals surface area contributed by atoms with Gasteiger partial charge in [0.2, 0.25) is 5.95 Å². The molecule has 174 valence electrons. The van der Waals surface area contributed by atoms with Crippen LogP contribution in [0.25, 0.3) is 11.1 Å². The third-order valence-electron chi connectivity index (χ3n) is 5.56. The van der Waals surface area contributed by atoms with Crippen LogP contribution in [-0.2, 0) is 13.0 Å². The minimum Gasteiger partial charge on any atom is -0.372 e. The second kappa shape index (κ2) is 9.16. The summed E-state index contributed by atoms with van der Waals surface area (Å²) in [4.78, 5) is 8.89. The summed E-state index contributed by atoms with van der Waals surface area (Å²) in [7, 11) is 0. The van der Waals surface area contributed by atoms with Crippen LogP contribution in [0.15, 0.2) is 55.0 Å². The summed E-state index contributed by atoms with van der Waals surface area (Å²) >= 11 is 0. The molecule has 4 aromatic rings. The van der Waals surface area contributed by atoms with Gasteiger partial charge in [-0.25, -0.2) is 18.4 Å². The van der Waals surface area contributed by atoms with Gasteiger partial charge < -0.3 is 21.1 Å². The lowest BCUT2D eigenvalue weighted by Crippen LogP contribution is -2.23.